The Morgan fingerprint density at radius 1 is 1.16 bits per heavy atom. The van der Waals surface area contributed by atoms with E-state index in [4.69, 9.17) is 23.2 Å². The maximum absolute atomic E-state index is 11.6. The molecule has 0 atom stereocenters. The van der Waals surface area contributed by atoms with Crippen molar-refractivity contribution in [2.24, 2.45) is 0 Å². The van der Waals surface area contributed by atoms with Gasteiger partial charge >= 0.3 is 0 Å². The molecule has 6 heteroatoms. The highest BCUT2D eigenvalue weighted by Crippen LogP contribution is 2.22. The van der Waals surface area contributed by atoms with Crippen molar-refractivity contribution in [1.29, 1.82) is 0 Å². The van der Waals surface area contributed by atoms with Gasteiger partial charge < -0.3 is 10.6 Å². The molecule has 0 heterocycles. The van der Waals surface area contributed by atoms with E-state index < -0.39 is 0 Å². The van der Waals surface area contributed by atoms with Crippen LogP contribution in [0.1, 0.15) is 18.4 Å². The quantitative estimate of drug-likeness (QED) is 0.873. The highest BCUT2D eigenvalue weighted by Gasteiger charge is 2.23. The van der Waals surface area contributed by atoms with Crippen LogP contribution >= 0.6 is 23.2 Å². The average Bonchev–Trinajstić information content (AvgIpc) is 3.15. The van der Waals surface area contributed by atoms with Gasteiger partial charge in [-0.25, -0.2) is 0 Å². The first-order chi connectivity index (χ1) is 9.04. The maximum Gasteiger partial charge on any atom is 0.239 e. The van der Waals surface area contributed by atoms with Gasteiger partial charge in [-0.1, -0.05) is 29.3 Å². The van der Waals surface area contributed by atoms with Gasteiger partial charge in [-0.05, 0) is 30.5 Å². The van der Waals surface area contributed by atoms with Gasteiger partial charge in [0.2, 0.25) is 11.8 Å². The number of nitrogens with one attached hydrogen (secondary N) is 2. The summed E-state index contributed by atoms with van der Waals surface area (Å²) in [5, 5.41) is 6.24. The third-order valence-electron chi connectivity index (χ3n) is 2.74. The van der Waals surface area contributed by atoms with Crippen molar-refractivity contribution in [3.8, 4) is 0 Å². The minimum atomic E-state index is -0.218. The van der Waals surface area contributed by atoms with Crippen LogP contribution in [0.4, 0.5) is 0 Å². The Hall–Kier alpha value is -1.26. The Balaban J connectivity index is 1.76. The molecular formula is C13H14Cl2N2O2. The SMILES string of the molecule is O=C(Cc1ccc(Cl)c(Cl)c1)NCC(=O)NC1CC1. The van der Waals surface area contributed by atoms with E-state index in [1.54, 1.807) is 18.2 Å². The minimum Gasteiger partial charge on any atom is -0.352 e. The second-order valence-corrected chi connectivity index (χ2v) is 5.36. The summed E-state index contributed by atoms with van der Waals surface area (Å²) < 4.78 is 0. The fourth-order valence-corrected chi connectivity index (χ4v) is 1.90. The molecule has 2 amide bonds. The number of hydrogen-bond acceptors (Lipinski definition) is 2. The number of rotatable bonds is 5. The molecule has 2 N–H and O–H groups in total. The first-order valence-corrected chi connectivity index (χ1v) is 6.80. The number of hydrogen-bond donors (Lipinski definition) is 2. The number of carbonyl (C=O) groups excluding carboxylic acids is 2. The zero-order valence-corrected chi connectivity index (χ0v) is 11.7. The van der Waals surface area contributed by atoms with Crippen LogP contribution in [-0.2, 0) is 16.0 Å². The van der Waals surface area contributed by atoms with Crippen LogP contribution in [0.15, 0.2) is 18.2 Å². The molecule has 2 rings (SSSR count). The molecule has 4 nitrogen and oxygen atoms in total. The van der Waals surface area contributed by atoms with E-state index >= 15 is 0 Å². The highest BCUT2D eigenvalue weighted by molar-refractivity contribution is 6.42. The standard InChI is InChI=1S/C13H14Cl2N2O2/c14-10-4-1-8(5-11(10)15)6-12(18)16-7-13(19)17-9-2-3-9/h1,4-5,9H,2-3,6-7H2,(H,16,18)(H,17,19). The number of amides is 2. The van der Waals surface area contributed by atoms with Crippen LogP contribution in [0.2, 0.25) is 10.0 Å². The molecule has 0 aromatic heterocycles. The molecule has 19 heavy (non-hydrogen) atoms. The van der Waals surface area contributed by atoms with Crippen LogP contribution in [0.5, 0.6) is 0 Å². The topological polar surface area (TPSA) is 58.2 Å². The first kappa shape index (κ1) is 14.2. The normalized spacial score (nSPS) is 14.0. The minimum absolute atomic E-state index is 0.0106. The summed E-state index contributed by atoms with van der Waals surface area (Å²) in [7, 11) is 0. The summed E-state index contributed by atoms with van der Waals surface area (Å²) in [6, 6.07) is 5.33. The summed E-state index contributed by atoms with van der Waals surface area (Å²) in [6.45, 7) is 0.0106. The largest absolute Gasteiger partial charge is 0.352 e. The Morgan fingerprint density at radius 3 is 2.53 bits per heavy atom. The van der Waals surface area contributed by atoms with Crippen molar-refractivity contribution >= 4 is 35.0 Å². The lowest BCUT2D eigenvalue weighted by atomic mass is 10.1. The van der Waals surface area contributed by atoms with Gasteiger partial charge in [0.25, 0.3) is 0 Å². The smallest absolute Gasteiger partial charge is 0.239 e. The van der Waals surface area contributed by atoms with Gasteiger partial charge in [0.05, 0.1) is 23.0 Å². The molecule has 0 saturated heterocycles. The summed E-state index contributed by atoms with van der Waals surface area (Å²) >= 11 is 11.7. The number of halogens is 2. The number of benzene rings is 1. The van der Waals surface area contributed by atoms with E-state index in [-0.39, 0.29) is 24.8 Å². The van der Waals surface area contributed by atoms with Crippen LogP contribution in [-0.4, -0.2) is 24.4 Å². The Labute approximate surface area is 121 Å². The molecule has 102 valence electrons. The van der Waals surface area contributed by atoms with Gasteiger partial charge in [0, 0.05) is 6.04 Å². The van der Waals surface area contributed by atoms with Crippen molar-refractivity contribution in [2.45, 2.75) is 25.3 Å². The van der Waals surface area contributed by atoms with E-state index in [0.29, 0.717) is 16.1 Å². The third-order valence-corrected chi connectivity index (χ3v) is 3.48. The monoisotopic (exact) mass is 300 g/mol. The van der Waals surface area contributed by atoms with Gasteiger partial charge in [-0.2, -0.15) is 0 Å². The van der Waals surface area contributed by atoms with Crippen LogP contribution in [0.3, 0.4) is 0 Å². The maximum atomic E-state index is 11.6. The molecule has 0 spiro atoms. The Bertz CT molecular complexity index is 501. The molecular weight excluding hydrogens is 287 g/mol. The molecule has 1 aliphatic carbocycles. The van der Waals surface area contributed by atoms with E-state index in [1.807, 2.05) is 0 Å². The second kappa shape index (κ2) is 6.26. The first-order valence-electron chi connectivity index (χ1n) is 6.04. The fraction of sp³-hybridized carbons (Fsp3) is 0.385. The third kappa shape index (κ3) is 4.73. The van der Waals surface area contributed by atoms with Gasteiger partial charge in [-0.3, -0.25) is 9.59 Å². The van der Waals surface area contributed by atoms with E-state index in [9.17, 15) is 9.59 Å². The van der Waals surface area contributed by atoms with Crippen molar-refractivity contribution in [2.75, 3.05) is 6.54 Å². The zero-order valence-electron chi connectivity index (χ0n) is 10.2. The summed E-state index contributed by atoms with van der Waals surface area (Å²) in [5.74, 6) is -0.366. The zero-order chi connectivity index (χ0) is 13.8. The van der Waals surface area contributed by atoms with Crippen LogP contribution in [0.25, 0.3) is 0 Å². The molecule has 0 unspecified atom stereocenters. The number of carbonyl (C=O) groups is 2. The van der Waals surface area contributed by atoms with Crippen molar-refractivity contribution in [1.82, 2.24) is 10.6 Å². The van der Waals surface area contributed by atoms with Gasteiger partial charge in [-0.15, -0.1) is 0 Å². The lowest BCUT2D eigenvalue weighted by molar-refractivity contribution is -0.125. The molecule has 1 aliphatic rings. The predicted octanol–water partition coefficient (Wildman–Crippen LogP) is 1.93. The Morgan fingerprint density at radius 2 is 1.89 bits per heavy atom. The van der Waals surface area contributed by atoms with E-state index in [0.717, 1.165) is 18.4 Å². The molecule has 0 radical (unpaired) electrons. The Kier molecular flexibility index (Phi) is 4.66. The van der Waals surface area contributed by atoms with E-state index in [1.165, 1.54) is 0 Å². The van der Waals surface area contributed by atoms with Crippen molar-refractivity contribution < 1.29 is 9.59 Å². The van der Waals surface area contributed by atoms with Crippen molar-refractivity contribution in [3.05, 3.63) is 33.8 Å². The van der Waals surface area contributed by atoms with Gasteiger partial charge in [0.15, 0.2) is 0 Å². The van der Waals surface area contributed by atoms with Gasteiger partial charge in [0.1, 0.15) is 0 Å². The van der Waals surface area contributed by atoms with E-state index in [2.05, 4.69) is 10.6 Å². The predicted molar refractivity (Wildman–Crippen MR) is 74.3 cm³/mol. The fourth-order valence-electron chi connectivity index (χ4n) is 1.58. The molecule has 1 saturated carbocycles. The molecule has 0 aliphatic heterocycles. The molecule has 1 fully saturated rings. The average molecular weight is 301 g/mol. The molecule has 1 aromatic carbocycles. The highest BCUT2D eigenvalue weighted by atomic mass is 35.5. The molecule has 1 aromatic rings. The summed E-state index contributed by atoms with van der Waals surface area (Å²) in [5.41, 5.74) is 0.759. The summed E-state index contributed by atoms with van der Waals surface area (Å²) in [4.78, 5) is 23.0. The van der Waals surface area contributed by atoms with Crippen LogP contribution < -0.4 is 10.6 Å². The van der Waals surface area contributed by atoms with Crippen molar-refractivity contribution in [3.63, 3.8) is 0 Å². The van der Waals surface area contributed by atoms with Crippen LogP contribution in [0, 0.1) is 0 Å². The lowest BCUT2D eigenvalue weighted by Crippen LogP contribution is -2.38. The second-order valence-electron chi connectivity index (χ2n) is 4.54. The summed E-state index contributed by atoms with van der Waals surface area (Å²) in [6.07, 6.45) is 2.24. The molecule has 0 bridgehead atoms. The lowest BCUT2D eigenvalue weighted by Gasteiger charge is -2.06.